The highest BCUT2D eigenvalue weighted by Gasteiger charge is 2.16. The summed E-state index contributed by atoms with van der Waals surface area (Å²) in [7, 11) is -3.77. The number of hydrogen-bond acceptors (Lipinski definition) is 5. The fourth-order valence-electron chi connectivity index (χ4n) is 2.56. The van der Waals surface area contributed by atoms with E-state index in [9.17, 15) is 13.2 Å². The number of ether oxygens (including phenoxy) is 2. The zero-order valence-electron chi connectivity index (χ0n) is 16.0. The van der Waals surface area contributed by atoms with Gasteiger partial charge in [-0.15, -0.1) is 0 Å². The maximum atomic E-state index is 12.5. The van der Waals surface area contributed by atoms with Gasteiger partial charge in [-0.05, 0) is 48.0 Å². The van der Waals surface area contributed by atoms with Crippen molar-refractivity contribution in [3.05, 3.63) is 94.5 Å². The lowest BCUT2D eigenvalue weighted by Gasteiger charge is -2.10. The molecule has 0 bridgehead atoms. The first-order valence-corrected chi connectivity index (χ1v) is 11.4. The number of sulfonamides is 1. The van der Waals surface area contributed by atoms with Gasteiger partial charge < -0.3 is 9.47 Å². The molecular weight excluding hydrogens is 470 g/mol. The summed E-state index contributed by atoms with van der Waals surface area (Å²) in [6.45, 7) is 0.382. The third kappa shape index (κ3) is 6.41. The molecule has 0 heterocycles. The van der Waals surface area contributed by atoms with Gasteiger partial charge in [-0.1, -0.05) is 52.3 Å². The number of nitrogens with one attached hydrogen (secondary N) is 1. The molecule has 0 saturated heterocycles. The van der Waals surface area contributed by atoms with E-state index in [0.717, 1.165) is 10.0 Å². The van der Waals surface area contributed by atoms with Crippen LogP contribution in [0.1, 0.15) is 15.9 Å². The highest BCUT2D eigenvalue weighted by molar-refractivity contribution is 9.10. The standard InChI is InChI=1S/C22H20BrNO5S/c23-19-9-11-20(12-10-19)28-13-14-29-22(25)18-7-4-8-21(15-18)30(26,27)24-16-17-5-2-1-3-6-17/h1-12,15,24H,13-14,16H2. The number of rotatable bonds is 9. The largest absolute Gasteiger partial charge is 0.490 e. The summed E-state index contributed by atoms with van der Waals surface area (Å²) < 4.78 is 39.2. The van der Waals surface area contributed by atoms with Gasteiger partial charge >= 0.3 is 5.97 Å². The summed E-state index contributed by atoms with van der Waals surface area (Å²) in [5.74, 6) is 0.0429. The number of halogens is 1. The molecule has 156 valence electrons. The molecule has 6 nitrogen and oxygen atoms in total. The van der Waals surface area contributed by atoms with E-state index in [4.69, 9.17) is 9.47 Å². The maximum Gasteiger partial charge on any atom is 0.338 e. The zero-order valence-corrected chi connectivity index (χ0v) is 18.4. The van der Waals surface area contributed by atoms with Crippen molar-refractivity contribution in [2.45, 2.75) is 11.4 Å². The minimum absolute atomic E-state index is 0.000932. The molecule has 0 spiro atoms. The Morgan fingerprint density at radius 3 is 2.37 bits per heavy atom. The van der Waals surface area contributed by atoms with E-state index >= 15 is 0 Å². The Morgan fingerprint density at radius 1 is 0.900 bits per heavy atom. The van der Waals surface area contributed by atoms with E-state index in [1.165, 1.54) is 24.3 Å². The molecule has 0 aliphatic carbocycles. The average molecular weight is 490 g/mol. The molecule has 0 aliphatic heterocycles. The normalized spacial score (nSPS) is 11.1. The van der Waals surface area contributed by atoms with Crippen molar-refractivity contribution in [1.29, 1.82) is 0 Å². The molecule has 1 N–H and O–H groups in total. The molecule has 3 aromatic rings. The van der Waals surface area contributed by atoms with Crippen LogP contribution in [-0.2, 0) is 21.3 Å². The molecule has 8 heteroatoms. The van der Waals surface area contributed by atoms with Crippen LogP contribution in [0.15, 0.2) is 88.2 Å². The smallest absolute Gasteiger partial charge is 0.338 e. The van der Waals surface area contributed by atoms with E-state index in [1.54, 1.807) is 12.1 Å². The van der Waals surface area contributed by atoms with Gasteiger partial charge in [-0.3, -0.25) is 0 Å². The highest BCUT2D eigenvalue weighted by atomic mass is 79.9. The lowest BCUT2D eigenvalue weighted by Crippen LogP contribution is -2.23. The molecule has 30 heavy (non-hydrogen) atoms. The Morgan fingerprint density at radius 2 is 1.63 bits per heavy atom. The molecular formula is C22H20BrNO5S. The topological polar surface area (TPSA) is 81.7 Å². The van der Waals surface area contributed by atoms with E-state index < -0.39 is 16.0 Å². The number of hydrogen-bond donors (Lipinski definition) is 1. The van der Waals surface area contributed by atoms with Crippen molar-refractivity contribution in [3.63, 3.8) is 0 Å². The van der Waals surface area contributed by atoms with Crippen molar-refractivity contribution >= 4 is 31.9 Å². The molecule has 0 fully saturated rings. The minimum Gasteiger partial charge on any atom is -0.490 e. The quantitative estimate of drug-likeness (QED) is 0.360. The first kappa shape index (κ1) is 22.0. The number of carbonyl (C=O) groups is 1. The third-order valence-electron chi connectivity index (χ3n) is 4.09. The Bertz CT molecular complexity index is 1090. The lowest BCUT2D eigenvalue weighted by atomic mass is 10.2. The second-order valence-corrected chi connectivity index (χ2v) is 8.96. The van der Waals surface area contributed by atoms with Crippen molar-refractivity contribution in [3.8, 4) is 5.75 Å². The monoisotopic (exact) mass is 489 g/mol. The van der Waals surface area contributed by atoms with E-state index in [1.807, 2.05) is 42.5 Å². The fraction of sp³-hybridized carbons (Fsp3) is 0.136. The van der Waals surface area contributed by atoms with E-state index in [2.05, 4.69) is 20.7 Å². The summed E-state index contributed by atoms with van der Waals surface area (Å²) in [4.78, 5) is 12.3. The second-order valence-electron chi connectivity index (χ2n) is 6.28. The molecule has 0 saturated carbocycles. The molecule has 3 aromatic carbocycles. The summed E-state index contributed by atoms with van der Waals surface area (Å²) in [5.41, 5.74) is 0.989. The van der Waals surface area contributed by atoms with Crippen molar-refractivity contribution in [2.24, 2.45) is 0 Å². The van der Waals surface area contributed by atoms with Gasteiger partial charge in [0.05, 0.1) is 10.5 Å². The van der Waals surface area contributed by atoms with Gasteiger partial charge in [-0.25, -0.2) is 17.9 Å². The summed E-state index contributed by atoms with van der Waals surface area (Å²) in [6.07, 6.45) is 0. The van der Waals surface area contributed by atoms with Crippen LogP contribution in [-0.4, -0.2) is 27.6 Å². The Balaban J connectivity index is 1.54. The van der Waals surface area contributed by atoms with Gasteiger partial charge in [-0.2, -0.15) is 0 Å². The van der Waals surface area contributed by atoms with Crippen molar-refractivity contribution in [2.75, 3.05) is 13.2 Å². The summed E-state index contributed by atoms with van der Waals surface area (Å²) >= 11 is 3.34. The molecule has 0 aliphatic rings. The minimum atomic E-state index is -3.77. The van der Waals surface area contributed by atoms with Gasteiger partial charge in [0.15, 0.2) is 0 Å². The van der Waals surface area contributed by atoms with Crippen LogP contribution < -0.4 is 9.46 Å². The molecule has 0 atom stereocenters. The van der Waals surface area contributed by atoms with Gasteiger partial charge in [0.2, 0.25) is 10.0 Å². The van der Waals surface area contributed by atoms with Gasteiger partial charge in [0.25, 0.3) is 0 Å². The third-order valence-corrected chi connectivity index (χ3v) is 6.02. The lowest BCUT2D eigenvalue weighted by molar-refractivity contribution is 0.0450. The first-order valence-electron chi connectivity index (χ1n) is 9.13. The molecule has 3 rings (SSSR count). The molecule has 0 aromatic heterocycles. The van der Waals surface area contributed by atoms with Crippen LogP contribution in [0.4, 0.5) is 0 Å². The fourth-order valence-corrected chi connectivity index (χ4v) is 3.88. The van der Waals surface area contributed by atoms with Crippen LogP contribution in [0.5, 0.6) is 5.75 Å². The highest BCUT2D eigenvalue weighted by Crippen LogP contribution is 2.16. The predicted molar refractivity (Wildman–Crippen MR) is 117 cm³/mol. The van der Waals surface area contributed by atoms with E-state index in [-0.39, 0.29) is 30.2 Å². The maximum absolute atomic E-state index is 12.5. The number of esters is 1. The van der Waals surface area contributed by atoms with Crippen LogP contribution in [0, 0.1) is 0 Å². The summed E-state index contributed by atoms with van der Waals surface area (Å²) in [6, 6.07) is 22.2. The van der Waals surface area contributed by atoms with Crippen LogP contribution in [0.25, 0.3) is 0 Å². The number of carbonyl (C=O) groups excluding carboxylic acids is 1. The Kier molecular flexibility index (Phi) is 7.62. The first-order chi connectivity index (χ1) is 14.4. The SMILES string of the molecule is O=C(OCCOc1ccc(Br)cc1)c1cccc(S(=O)(=O)NCc2ccccc2)c1. The van der Waals surface area contributed by atoms with E-state index in [0.29, 0.717) is 5.75 Å². The Hall–Kier alpha value is -2.68. The number of benzene rings is 3. The predicted octanol–water partition coefficient (Wildman–Crippen LogP) is 4.16. The summed E-state index contributed by atoms with van der Waals surface area (Å²) in [5, 5.41) is 0. The van der Waals surface area contributed by atoms with Crippen LogP contribution >= 0.6 is 15.9 Å². The van der Waals surface area contributed by atoms with Crippen LogP contribution in [0.3, 0.4) is 0 Å². The second kappa shape index (κ2) is 10.4. The van der Waals surface area contributed by atoms with Crippen molar-refractivity contribution < 1.29 is 22.7 Å². The van der Waals surface area contributed by atoms with Crippen molar-refractivity contribution in [1.82, 2.24) is 4.72 Å². The van der Waals surface area contributed by atoms with Gasteiger partial charge in [0, 0.05) is 11.0 Å². The van der Waals surface area contributed by atoms with Crippen LogP contribution in [0.2, 0.25) is 0 Å². The zero-order chi connectivity index (χ0) is 21.4. The Labute approximate surface area is 184 Å². The average Bonchev–Trinajstić information content (AvgIpc) is 2.77. The molecule has 0 unspecified atom stereocenters. The van der Waals surface area contributed by atoms with Gasteiger partial charge in [0.1, 0.15) is 19.0 Å². The molecule has 0 radical (unpaired) electrons. The molecule has 0 amide bonds.